The number of nitrogens with zero attached hydrogens (tertiary/aromatic N) is 2. The van der Waals surface area contributed by atoms with Crippen LogP contribution >= 0.6 is 11.6 Å². The zero-order chi connectivity index (χ0) is 17.0. The number of carbonyl (C=O) groups is 1. The van der Waals surface area contributed by atoms with Crippen molar-refractivity contribution in [2.45, 2.75) is 13.5 Å². The molecule has 124 valence electrons. The summed E-state index contributed by atoms with van der Waals surface area (Å²) in [6.45, 7) is 2.80. The van der Waals surface area contributed by atoms with Crippen molar-refractivity contribution in [3.05, 3.63) is 34.5 Å². The average molecular weight is 339 g/mol. The third-order valence-electron chi connectivity index (χ3n) is 3.24. The third kappa shape index (κ3) is 3.68. The fourth-order valence-corrected chi connectivity index (χ4v) is 2.51. The number of rotatable bonds is 7. The average Bonchev–Trinajstić information content (AvgIpc) is 2.86. The summed E-state index contributed by atoms with van der Waals surface area (Å²) in [4.78, 5) is 11.4. The Morgan fingerprint density at radius 2 is 2.22 bits per heavy atom. The molecule has 1 aromatic carbocycles. The Balaban J connectivity index is 2.24. The highest BCUT2D eigenvalue weighted by Crippen LogP contribution is 2.36. The predicted octanol–water partition coefficient (Wildman–Crippen LogP) is 2.19. The quantitative estimate of drug-likeness (QED) is 0.807. The smallest absolute Gasteiger partial charge is 0.254 e. The number of methoxy groups -OCH3 is 1. The molecule has 1 heterocycles. The van der Waals surface area contributed by atoms with Gasteiger partial charge in [0.25, 0.3) is 5.91 Å². The van der Waals surface area contributed by atoms with Crippen LogP contribution in [0.5, 0.6) is 11.5 Å². The molecule has 3 N–H and O–H groups in total. The topological polar surface area (TPSA) is 91.4 Å². The zero-order valence-electron chi connectivity index (χ0n) is 13.2. The summed E-state index contributed by atoms with van der Waals surface area (Å²) in [7, 11) is 3.26. The number of halogens is 1. The summed E-state index contributed by atoms with van der Waals surface area (Å²) in [5, 5.41) is 7.62. The second-order valence-electron chi connectivity index (χ2n) is 4.79. The minimum absolute atomic E-state index is 0.331. The molecule has 0 saturated heterocycles. The van der Waals surface area contributed by atoms with Gasteiger partial charge in [-0.1, -0.05) is 11.6 Å². The van der Waals surface area contributed by atoms with Crippen molar-refractivity contribution in [3.8, 4) is 11.5 Å². The van der Waals surface area contributed by atoms with E-state index in [2.05, 4.69) is 10.4 Å². The van der Waals surface area contributed by atoms with Crippen molar-refractivity contribution < 1.29 is 14.3 Å². The van der Waals surface area contributed by atoms with Crippen molar-refractivity contribution in [2.24, 2.45) is 12.8 Å². The van der Waals surface area contributed by atoms with Crippen molar-refractivity contribution in [3.63, 3.8) is 0 Å². The number of primary amides is 1. The summed E-state index contributed by atoms with van der Waals surface area (Å²) in [6, 6.07) is 3.61. The van der Waals surface area contributed by atoms with Crippen molar-refractivity contribution >= 4 is 23.3 Å². The number of aromatic nitrogens is 2. The highest BCUT2D eigenvalue weighted by atomic mass is 35.5. The minimum atomic E-state index is -0.539. The van der Waals surface area contributed by atoms with Crippen LogP contribution in [0.2, 0.25) is 5.02 Å². The lowest BCUT2D eigenvalue weighted by atomic mass is 10.2. The fourth-order valence-electron chi connectivity index (χ4n) is 2.20. The molecule has 0 radical (unpaired) electrons. The molecule has 0 fully saturated rings. The van der Waals surface area contributed by atoms with Crippen LogP contribution in [0.15, 0.2) is 18.3 Å². The molecule has 0 aliphatic rings. The van der Waals surface area contributed by atoms with E-state index >= 15 is 0 Å². The van der Waals surface area contributed by atoms with Crippen LogP contribution in [-0.4, -0.2) is 29.4 Å². The molecule has 2 rings (SSSR count). The summed E-state index contributed by atoms with van der Waals surface area (Å²) in [6.07, 6.45) is 1.43. The van der Waals surface area contributed by atoms with E-state index in [-0.39, 0.29) is 0 Å². The Morgan fingerprint density at radius 3 is 2.83 bits per heavy atom. The minimum Gasteiger partial charge on any atom is -0.491 e. The molecule has 0 unspecified atom stereocenters. The maximum atomic E-state index is 11.4. The van der Waals surface area contributed by atoms with Crippen LogP contribution in [0.3, 0.4) is 0 Å². The van der Waals surface area contributed by atoms with Gasteiger partial charge in [-0.15, -0.1) is 0 Å². The number of carbonyl (C=O) groups excluding carboxylic acids is 1. The first kappa shape index (κ1) is 17.0. The van der Waals surface area contributed by atoms with Crippen LogP contribution in [-0.2, 0) is 13.6 Å². The summed E-state index contributed by atoms with van der Waals surface area (Å²) < 4.78 is 12.3. The zero-order valence-corrected chi connectivity index (χ0v) is 14.0. The highest BCUT2D eigenvalue weighted by molar-refractivity contribution is 6.32. The predicted molar refractivity (Wildman–Crippen MR) is 88.2 cm³/mol. The van der Waals surface area contributed by atoms with Crippen LogP contribution in [0, 0.1) is 0 Å². The first-order valence-corrected chi connectivity index (χ1v) is 7.40. The van der Waals surface area contributed by atoms with Crippen LogP contribution < -0.4 is 20.5 Å². The van der Waals surface area contributed by atoms with Gasteiger partial charge in [0.05, 0.1) is 24.9 Å². The molecule has 0 aliphatic heterocycles. The number of ether oxygens (including phenoxy) is 2. The number of benzene rings is 1. The molecule has 23 heavy (non-hydrogen) atoms. The largest absolute Gasteiger partial charge is 0.491 e. The standard InChI is InChI=1S/C15H19ClN4O3/c1-4-23-12-6-9(5-11(16)13(12)22-3)7-18-15-10(14(17)21)8-19-20(15)2/h5-6,8,18H,4,7H2,1-3H3,(H2,17,21). The normalized spacial score (nSPS) is 10.4. The molecule has 1 amide bonds. The van der Waals surface area contributed by atoms with E-state index in [0.29, 0.717) is 41.1 Å². The highest BCUT2D eigenvalue weighted by Gasteiger charge is 2.15. The first-order valence-electron chi connectivity index (χ1n) is 7.02. The van der Waals surface area contributed by atoms with Gasteiger partial charge in [0.15, 0.2) is 11.5 Å². The number of nitrogens with one attached hydrogen (secondary N) is 1. The number of anilines is 1. The number of nitrogens with two attached hydrogens (primary N) is 1. The summed E-state index contributed by atoms with van der Waals surface area (Å²) >= 11 is 6.22. The van der Waals surface area contributed by atoms with E-state index in [1.165, 1.54) is 13.3 Å². The Bertz CT molecular complexity index is 715. The molecule has 0 aliphatic carbocycles. The van der Waals surface area contributed by atoms with Crippen molar-refractivity contribution in [2.75, 3.05) is 19.0 Å². The summed E-state index contributed by atoms with van der Waals surface area (Å²) in [5.74, 6) is 1.07. The lowest BCUT2D eigenvalue weighted by Gasteiger charge is -2.14. The van der Waals surface area contributed by atoms with Crippen molar-refractivity contribution in [1.29, 1.82) is 0 Å². The van der Waals surface area contributed by atoms with Gasteiger partial charge >= 0.3 is 0 Å². The molecule has 2 aromatic rings. The molecule has 7 nitrogen and oxygen atoms in total. The van der Waals surface area contributed by atoms with Crippen LogP contribution in [0.4, 0.5) is 5.82 Å². The second-order valence-corrected chi connectivity index (χ2v) is 5.20. The maximum Gasteiger partial charge on any atom is 0.254 e. The molecule has 1 aromatic heterocycles. The number of hydrogen-bond acceptors (Lipinski definition) is 5. The van der Waals surface area contributed by atoms with Gasteiger partial charge in [0.2, 0.25) is 0 Å². The van der Waals surface area contributed by atoms with E-state index in [0.717, 1.165) is 5.56 Å². The monoisotopic (exact) mass is 338 g/mol. The van der Waals surface area contributed by atoms with Gasteiger partial charge in [-0.05, 0) is 24.6 Å². The number of aryl methyl sites for hydroxylation is 1. The van der Waals surface area contributed by atoms with E-state index in [4.69, 9.17) is 26.8 Å². The SMILES string of the molecule is CCOc1cc(CNc2c(C(N)=O)cnn2C)cc(Cl)c1OC. The van der Waals surface area contributed by atoms with Crippen molar-refractivity contribution in [1.82, 2.24) is 9.78 Å². The first-order chi connectivity index (χ1) is 11.0. The Kier molecular flexibility index (Phi) is 5.33. The molecule has 0 spiro atoms. The molecule has 0 atom stereocenters. The third-order valence-corrected chi connectivity index (χ3v) is 3.52. The number of amides is 1. The Hall–Kier alpha value is -2.41. The second kappa shape index (κ2) is 7.23. The molecule has 0 saturated carbocycles. The van der Waals surface area contributed by atoms with Gasteiger partial charge in [0, 0.05) is 13.6 Å². The van der Waals surface area contributed by atoms with Gasteiger partial charge in [-0.3, -0.25) is 9.48 Å². The lowest BCUT2D eigenvalue weighted by molar-refractivity contribution is 0.100. The maximum absolute atomic E-state index is 11.4. The van der Waals surface area contributed by atoms with E-state index in [1.54, 1.807) is 17.8 Å². The summed E-state index contributed by atoms with van der Waals surface area (Å²) in [5.41, 5.74) is 6.53. The lowest BCUT2D eigenvalue weighted by Crippen LogP contribution is -2.14. The van der Waals surface area contributed by atoms with E-state index < -0.39 is 5.91 Å². The molecule has 8 heteroatoms. The van der Waals surface area contributed by atoms with Crippen LogP contribution in [0.25, 0.3) is 0 Å². The van der Waals surface area contributed by atoms with Gasteiger partial charge in [0.1, 0.15) is 11.4 Å². The van der Waals surface area contributed by atoms with Gasteiger partial charge in [-0.25, -0.2) is 0 Å². The van der Waals surface area contributed by atoms with Gasteiger partial charge in [-0.2, -0.15) is 5.10 Å². The van der Waals surface area contributed by atoms with E-state index in [9.17, 15) is 4.79 Å². The number of hydrogen-bond donors (Lipinski definition) is 2. The van der Waals surface area contributed by atoms with Crippen LogP contribution in [0.1, 0.15) is 22.8 Å². The Morgan fingerprint density at radius 1 is 1.48 bits per heavy atom. The molecular weight excluding hydrogens is 320 g/mol. The van der Waals surface area contributed by atoms with E-state index in [1.807, 2.05) is 13.0 Å². The Labute approximate surface area is 139 Å². The molecular formula is C15H19ClN4O3. The molecule has 0 bridgehead atoms. The fraction of sp³-hybridized carbons (Fsp3) is 0.333. The van der Waals surface area contributed by atoms with Gasteiger partial charge < -0.3 is 20.5 Å².